The largest absolute Gasteiger partial charge is 0.497 e. The molecule has 5 nitrogen and oxygen atoms in total. The van der Waals surface area contributed by atoms with Crippen LogP contribution >= 0.6 is 0 Å². The van der Waals surface area contributed by atoms with Gasteiger partial charge in [0.1, 0.15) is 5.75 Å². The molecule has 0 aromatic heterocycles. The molecule has 1 heterocycles. The topological polar surface area (TPSA) is 56.8 Å². The van der Waals surface area contributed by atoms with Crippen molar-refractivity contribution in [2.24, 2.45) is 0 Å². The van der Waals surface area contributed by atoms with Gasteiger partial charge in [0.15, 0.2) is 0 Å². The van der Waals surface area contributed by atoms with Crippen molar-refractivity contribution in [2.45, 2.75) is 52.2 Å². The predicted octanol–water partition coefficient (Wildman–Crippen LogP) is 2.83. The molecule has 6 heteroatoms. The van der Waals surface area contributed by atoms with Gasteiger partial charge in [0.2, 0.25) is 5.91 Å². The zero-order chi connectivity index (χ0) is 19.8. The Morgan fingerprint density at radius 2 is 1.78 bits per heavy atom. The Balaban J connectivity index is 2.00. The van der Waals surface area contributed by atoms with Crippen molar-refractivity contribution in [1.29, 1.82) is 0 Å². The third kappa shape index (κ3) is 3.97. The van der Waals surface area contributed by atoms with E-state index in [0.29, 0.717) is 6.54 Å². The molecule has 0 radical (unpaired) electrons. The third-order valence-corrected chi connectivity index (χ3v) is 5.56. The zero-order valence-corrected chi connectivity index (χ0v) is 17.0. The third-order valence-electron chi connectivity index (χ3n) is 5.56. The summed E-state index contributed by atoms with van der Waals surface area (Å²) in [6.07, 6.45) is 0.719. The first-order valence-corrected chi connectivity index (χ1v) is 9.33. The van der Waals surface area contributed by atoms with Gasteiger partial charge in [-0.2, -0.15) is 0 Å². The molecule has 3 rings (SSSR count). The molecular weight excluding hydrogens is 341 g/mol. The standard InChI is InChI=1S/C21H28BNO4/c1-14(24)23-10-9-16-12-17(22-26-20(2,3)21(4,5)27-22)11-15-7-8-18(25-6)13-19(15)16/h7-8,11-13H,9-10H2,1-6H3,(H,23,24). The Morgan fingerprint density at radius 1 is 1.11 bits per heavy atom. The van der Waals surface area contributed by atoms with Crippen LogP contribution in [0.4, 0.5) is 0 Å². The number of carbonyl (C=O) groups is 1. The number of methoxy groups -OCH3 is 1. The molecule has 1 saturated heterocycles. The molecule has 0 atom stereocenters. The molecule has 0 unspecified atom stereocenters. The summed E-state index contributed by atoms with van der Waals surface area (Å²) >= 11 is 0. The number of ether oxygens (including phenoxy) is 1. The molecule has 27 heavy (non-hydrogen) atoms. The Labute approximate surface area is 161 Å². The number of fused-ring (bicyclic) bond motifs is 1. The van der Waals surface area contributed by atoms with Crippen LogP contribution in [-0.4, -0.2) is 37.9 Å². The lowest BCUT2D eigenvalue weighted by atomic mass is 9.76. The van der Waals surface area contributed by atoms with Crippen LogP contribution in [-0.2, 0) is 20.5 Å². The Hall–Kier alpha value is -2.05. The van der Waals surface area contributed by atoms with Crippen LogP contribution in [0, 0.1) is 0 Å². The van der Waals surface area contributed by atoms with Gasteiger partial charge in [-0.25, -0.2) is 0 Å². The van der Waals surface area contributed by atoms with Crippen LogP contribution < -0.4 is 15.5 Å². The van der Waals surface area contributed by atoms with Crippen molar-refractivity contribution >= 4 is 29.3 Å². The number of benzene rings is 2. The lowest BCUT2D eigenvalue weighted by molar-refractivity contribution is -0.118. The average Bonchev–Trinajstić information content (AvgIpc) is 2.81. The first-order chi connectivity index (χ1) is 12.6. The van der Waals surface area contributed by atoms with E-state index in [9.17, 15) is 4.79 Å². The van der Waals surface area contributed by atoms with Crippen molar-refractivity contribution in [3.63, 3.8) is 0 Å². The highest BCUT2D eigenvalue weighted by molar-refractivity contribution is 6.62. The van der Waals surface area contributed by atoms with Crippen LogP contribution in [0.3, 0.4) is 0 Å². The highest BCUT2D eigenvalue weighted by atomic mass is 16.7. The molecule has 0 bridgehead atoms. The fourth-order valence-corrected chi connectivity index (χ4v) is 3.26. The summed E-state index contributed by atoms with van der Waals surface area (Å²) in [4.78, 5) is 11.2. The molecular formula is C21H28BNO4. The van der Waals surface area contributed by atoms with E-state index < -0.39 is 7.12 Å². The highest BCUT2D eigenvalue weighted by Crippen LogP contribution is 2.37. The molecule has 1 aliphatic rings. The van der Waals surface area contributed by atoms with Crippen molar-refractivity contribution in [1.82, 2.24) is 5.32 Å². The van der Waals surface area contributed by atoms with Crippen molar-refractivity contribution < 1.29 is 18.8 Å². The maximum absolute atomic E-state index is 11.2. The Bertz CT molecular complexity index is 847. The summed E-state index contributed by atoms with van der Waals surface area (Å²) in [5, 5.41) is 5.08. The molecule has 1 N–H and O–H groups in total. The molecule has 1 aliphatic heterocycles. The Kier molecular flexibility index (Phi) is 5.23. The van der Waals surface area contributed by atoms with Gasteiger partial charge in [-0.1, -0.05) is 18.2 Å². The maximum atomic E-state index is 11.2. The van der Waals surface area contributed by atoms with Crippen LogP contribution in [0.1, 0.15) is 40.2 Å². The molecule has 144 valence electrons. The Morgan fingerprint density at radius 3 is 2.37 bits per heavy atom. The monoisotopic (exact) mass is 369 g/mol. The van der Waals surface area contributed by atoms with Gasteiger partial charge in [-0.15, -0.1) is 0 Å². The smallest absolute Gasteiger partial charge is 0.494 e. The molecule has 1 fully saturated rings. The number of hydrogen-bond donors (Lipinski definition) is 1. The number of hydrogen-bond acceptors (Lipinski definition) is 4. The second-order valence-electron chi connectivity index (χ2n) is 8.09. The molecule has 0 spiro atoms. The zero-order valence-electron chi connectivity index (χ0n) is 17.0. The normalized spacial score (nSPS) is 17.9. The molecule has 0 aliphatic carbocycles. The fraction of sp³-hybridized carbons (Fsp3) is 0.476. The first-order valence-electron chi connectivity index (χ1n) is 9.33. The van der Waals surface area contributed by atoms with Gasteiger partial charge in [0.25, 0.3) is 0 Å². The van der Waals surface area contributed by atoms with Gasteiger partial charge < -0.3 is 19.4 Å². The summed E-state index contributed by atoms with van der Waals surface area (Å²) in [6.45, 7) is 10.3. The lowest BCUT2D eigenvalue weighted by Crippen LogP contribution is -2.41. The van der Waals surface area contributed by atoms with E-state index >= 15 is 0 Å². The van der Waals surface area contributed by atoms with E-state index in [1.165, 1.54) is 6.92 Å². The fourth-order valence-electron chi connectivity index (χ4n) is 3.26. The van der Waals surface area contributed by atoms with Crippen molar-refractivity contribution in [3.8, 4) is 5.75 Å². The van der Waals surface area contributed by atoms with Crippen LogP contribution in [0.5, 0.6) is 5.75 Å². The van der Waals surface area contributed by atoms with Crippen LogP contribution in [0.2, 0.25) is 0 Å². The number of rotatable bonds is 5. The predicted molar refractivity (Wildman–Crippen MR) is 109 cm³/mol. The number of carbonyl (C=O) groups excluding carboxylic acids is 1. The molecule has 1 amide bonds. The summed E-state index contributed by atoms with van der Waals surface area (Å²) in [5.41, 5.74) is 1.35. The van der Waals surface area contributed by atoms with Crippen LogP contribution in [0.25, 0.3) is 10.8 Å². The minimum absolute atomic E-state index is 0.0287. The summed E-state index contributed by atoms with van der Waals surface area (Å²) in [5.74, 6) is 0.783. The summed E-state index contributed by atoms with van der Waals surface area (Å²) in [6, 6.07) is 10.3. The summed E-state index contributed by atoms with van der Waals surface area (Å²) in [7, 11) is 1.25. The van der Waals surface area contributed by atoms with E-state index in [4.69, 9.17) is 14.0 Å². The van der Waals surface area contributed by atoms with Gasteiger partial charge in [-0.05, 0) is 68.0 Å². The van der Waals surface area contributed by atoms with E-state index in [1.807, 2.05) is 18.2 Å². The number of nitrogens with one attached hydrogen (secondary N) is 1. The quantitative estimate of drug-likeness (QED) is 0.824. The van der Waals surface area contributed by atoms with Crippen LogP contribution in [0.15, 0.2) is 30.3 Å². The van der Waals surface area contributed by atoms with Gasteiger partial charge in [-0.3, -0.25) is 4.79 Å². The van der Waals surface area contributed by atoms with Gasteiger partial charge in [0.05, 0.1) is 18.3 Å². The molecule has 2 aromatic carbocycles. The van der Waals surface area contributed by atoms with E-state index in [2.05, 4.69) is 45.1 Å². The number of amides is 1. The first kappa shape index (κ1) is 19.7. The lowest BCUT2D eigenvalue weighted by Gasteiger charge is -2.32. The van der Waals surface area contributed by atoms with E-state index in [0.717, 1.165) is 34.0 Å². The van der Waals surface area contributed by atoms with E-state index in [1.54, 1.807) is 7.11 Å². The minimum Gasteiger partial charge on any atom is -0.497 e. The second kappa shape index (κ2) is 7.17. The van der Waals surface area contributed by atoms with Gasteiger partial charge >= 0.3 is 7.12 Å². The minimum atomic E-state index is -0.416. The molecule has 2 aromatic rings. The van der Waals surface area contributed by atoms with Crippen molar-refractivity contribution in [3.05, 3.63) is 35.9 Å². The second-order valence-corrected chi connectivity index (χ2v) is 8.09. The highest BCUT2D eigenvalue weighted by Gasteiger charge is 2.51. The van der Waals surface area contributed by atoms with Gasteiger partial charge in [0, 0.05) is 13.5 Å². The van der Waals surface area contributed by atoms with Crippen molar-refractivity contribution in [2.75, 3.05) is 13.7 Å². The molecule has 0 saturated carbocycles. The van der Waals surface area contributed by atoms with E-state index in [-0.39, 0.29) is 17.1 Å². The maximum Gasteiger partial charge on any atom is 0.494 e. The summed E-state index contributed by atoms with van der Waals surface area (Å²) < 4.78 is 17.8. The SMILES string of the molecule is COc1ccc2cc(B3OC(C)(C)C(C)(C)O3)cc(CCNC(C)=O)c2c1. The average molecular weight is 369 g/mol.